The van der Waals surface area contributed by atoms with Crippen molar-refractivity contribution < 1.29 is 19.1 Å². The maximum atomic E-state index is 14.1. The first kappa shape index (κ1) is 27.1. The highest BCUT2D eigenvalue weighted by Gasteiger charge is 2.36. The normalized spacial score (nSPS) is 12.2. The van der Waals surface area contributed by atoms with Crippen LogP contribution in [0.5, 0.6) is 11.5 Å². The van der Waals surface area contributed by atoms with Crippen LogP contribution in [0.25, 0.3) is 11.0 Å². The first-order valence-corrected chi connectivity index (χ1v) is 13.3. The molecule has 4 aromatic rings. The van der Waals surface area contributed by atoms with Crippen molar-refractivity contribution >= 4 is 34.2 Å². The Balaban J connectivity index is 1.81. The number of para-hydroxylation sites is 1. The lowest BCUT2D eigenvalue weighted by atomic mass is 9.97. The number of amides is 2. The third kappa shape index (κ3) is 5.96. The van der Waals surface area contributed by atoms with Gasteiger partial charge in [0.1, 0.15) is 29.6 Å². The summed E-state index contributed by atoms with van der Waals surface area (Å²) in [6.45, 7) is 6.09. The second-order valence-electron chi connectivity index (χ2n) is 9.57. The average Bonchev–Trinajstić information content (AvgIpc) is 3.58. The summed E-state index contributed by atoms with van der Waals surface area (Å²) in [4.78, 5) is 30.6. The molecule has 2 aromatic heterocycles. The number of thiophene rings is 1. The molecule has 0 unspecified atom stereocenters. The molecule has 4 rings (SSSR count). The third-order valence-corrected chi connectivity index (χ3v) is 7.43. The maximum Gasteiger partial charge on any atom is 0.248 e. The minimum Gasteiger partial charge on any atom is -0.497 e. The van der Waals surface area contributed by atoms with Gasteiger partial charge in [-0.25, -0.2) is 4.68 Å². The number of nitrogens with zero attached hydrogens (tertiary/aromatic N) is 4. The molecule has 1 N–H and O–H groups in total. The van der Waals surface area contributed by atoms with E-state index in [1.54, 1.807) is 34.9 Å². The van der Waals surface area contributed by atoms with Crippen molar-refractivity contribution in [3.05, 3.63) is 70.4 Å². The molecular formula is C28H33N5O4S. The number of carbonyl (C=O) groups excluding carboxylic acids is 2. The van der Waals surface area contributed by atoms with Gasteiger partial charge < -0.3 is 19.7 Å². The lowest BCUT2D eigenvalue weighted by Gasteiger charge is -2.35. The van der Waals surface area contributed by atoms with Gasteiger partial charge in [-0.1, -0.05) is 30.3 Å². The molecule has 200 valence electrons. The van der Waals surface area contributed by atoms with Crippen molar-refractivity contribution in [2.24, 2.45) is 0 Å². The summed E-state index contributed by atoms with van der Waals surface area (Å²) < 4.78 is 12.6. The number of nitrogens with one attached hydrogen (secondary N) is 1. The van der Waals surface area contributed by atoms with Crippen LogP contribution in [-0.4, -0.2) is 51.5 Å². The zero-order valence-electron chi connectivity index (χ0n) is 22.3. The molecule has 0 saturated carbocycles. The first-order chi connectivity index (χ1) is 18.3. The molecule has 0 radical (unpaired) electrons. The molecule has 2 amide bonds. The number of rotatable bonds is 11. The van der Waals surface area contributed by atoms with E-state index in [9.17, 15) is 9.59 Å². The summed E-state index contributed by atoms with van der Waals surface area (Å²) in [6, 6.07) is 15.6. The summed E-state index contributed by atoms with van der Waals surface area (Å²) in [5.74, 6) is 0.466. The Hall–Kier alpha value is -3.92. The number of benzene rings is 2. The quantitative estimate of drug-likeness (QED) is 0.302. The number of aromatic nitrogens is 3. The highest BCUT2D eigenvalue weighted by atomic mass is 32.1. The molecule has 9 nitrogen and oxygen atoms in total. The second-order valence-corrected chi connectivity index (χ2v) is 10.6. The highest BCUT2D eigenvalue weighted by Crippen LogP contribution is 2.35. The van der Waals surface area contributed by atoms with Crippen LogP contribution in [0.3, 0.4) is 0 Å². The predicted molar refractivity (Wildman–Crippen MR) is 147 cm³/mol. The Morgan fingerprint density at radius 3 is 2.58 bits per heavy atom. The Morgan fingerprint density at radius 2 is 1.89 bits per heavy atom. The van der Waals surface area contributed by atoms with E-state index < -0.39 is 11.6 Å². The van der Waals surface area contributed by atoms with Crippen molar-refractivity contribution in [1.82, 2.24) is 25.2 Å². The minimum atomic E-state index is -0.967. The van der Waals surface area contributed by atoms with Crippen molar-refractivity contribution in [2.75, 3.05) is 14.2 Å². The predicted octanol–water partition coefficient (Wildman–Crippen LogP) is 4.58. The van der Waals surface area contributed by atoms with Gasteiger partial charge in [0, 0.05) is 22.0 Å². The zero-order valence-corrected chi connectivity index (χ0v) is 23.1. The molecule has 10 heteroatoms. The number of hydrogen-bond donors (Lipinski definition) is 1. The molecule has 2 heterocycles. The van der Waals surface area contributed by atoms with Gasteiger partial charge in [0.25, 0.3) is 0 Å². The smallest absolute Gasteiger partial charge is 0.248 e. The van der Waals surface area contributed by atoms with Crippen LogP contribution in [0.15, 0.2) is 60.0 Å². The van der Waals surface area contributed by atoms with E-state index in [0.717, 1.165) is 16.8 Å². The average molecular weight is 536 g/mol. The molecule has 0 fully saturated rings. The van der Waals surface area contributed by atoms with Crippen LogP contribution in [0, 0.1) is 0 Å². The van der Waals surface area contributed by atoms with E-state index in [-0.39, 0.29) is 24.9 Å². The van der Waals surface area contributed by atoms with Crippen LogP contribution < -0.4 is 14.8 Å². The molecule has 0 spiro atoms. The molecular weight excluding hydrogens is 502 g/mol. The fourth-order valence-electron chi connectivity index (χ4n) is 4.13. The van der Waals surface area contributed by atoms with Crippen LogP contribution in [0.4, 0.5) is 0 Å². The minimum absolute atomic E-state index is 0.0781. The van der Waals surface area contributed by atoms with E-state index in [1.807, 2.05) is 62.5 Å². The molecule has 0 bridgehead atoms. The van der Waals surface area contributed by atoms with Gasteiger partial charge in [0.15, 0.2) is 0 Å². The van der Waals surface area contributed by atoms with Crippen LogP contribution >= 0.6 is 11.3 Å². The SMILES string of the molecule is CCC(C)(C)NC(=O)[C@H](c1ccc(OC)cc1OC)N(Cc1cccs1)C(=O)Cn1nnc2ccccc21. The Kier molecular flexibility index (Phi) is 8.31. The monoisotopic (exact) mass is 535 g/mol. The van der Waals surface area contributed by atoms with Crippen molar-refractivity contribution in [1.29, 1.82) is 0 Å². The van der Waals surface area contributed by atoms with Crippen molar-refractivity contribution in [2.45, 2.75) is 51.9 Å². The first-order valence-electron chi connectivity index (χ1n) is 12.4. The fraction of sp³-hybridized carbons (Fsp3) is 0.357. The molecule has 0 aliphatic rings. The largest absolute Gasteiger partial charge is 0.497 e. The summed E-state index contributed by atoms with van der Waals surface area (Å²) in [5.41, 5.74) is 1.52. The van der Waals surface area contributed by atoms with Gasteiger partial charge in [-0.2, -0.15) is 0 Å². The van der Waals surface area contributed by atoms with Crippen LogP contribution in [0.2, 0.25) is 0 Å². The van der Waals surface area contributed by atoms with E-state index in [0.29, 0.717) is 22.6 Å². The number of hydrogen-bond acceptors (Lipinski definition) is 7. The molecule has 2 aromatic carbocycles. The van der Waals surface area contributed by atoms with E-state index >= 15 is 0 Å². The van der Waals surface area contributed by atoms with E-state index in [1.165, 1.54) is 18.4 Å². The molecule has 0 aliphatic carbocycles. The molecule has 0 aliphatic heterocycles. The van der Waals surface area contributed by atoms with E-state index in [2.05, 4.69) is 15.6 Å². The van der Waals surface area contributed by atoms with Gasteiger partial charge in [-0.3, -0.25) is 9.59 Å². The van der Waals surface area contributed by atoms with Gasteiger partial charge in [-0.15, -0.1) is 16.4 Å². The molecule has 1 atom stereocenters. The molecule has 38 heavy (non-hydrogen) atoms. The van der Waals surface area contributed by atoms with Gasteiger partial charge in [-0.05, 0) is 56.0 Å². The fourth-order valence-corrected chi connectivity index (χ4v) is 4.83. The number of ether oxygens (including phenoxy) is 2. The van der Waals surface area contributed by atoms with E-state index in [4.69, 9.17) is 9.47 Å². The summed E-state index contributed by atoms with van der Waals surface area (Å²) in [5, 5.41) is 13.5. The Labute approximate surface area is 226 Å². The number of methoxy groups -OCH3 is 2. The Morgan fingerprint density at radius 1 is 1.11 bits per heavy atom. The van der Waals surface area contributed by atoms with Gasteiger partial charge >= 0.3 is 0 Å². The van der Waals surface area contributed by atoms with Crippen molar-refractivity contribution in [3.63, 3.8) is 0 Å². The zero-order chi connectivity index (χ0) is 27.3. The van der Waals surface area contributed by atoms with Crippen molar-refractivity contribution in [3.8, 4) is 11.5 Å². The van der Waals surface area contributed by atoms with Crippen LogP contribution in [0.1, 0.15) is 43.7 Å². The lowest BCUT2D eigenvalue weighted by molar-refractivity contribution is -0.143. The maximum absolute atomic E-state index is 14.1. The lowest BCUT2D eigenvalue weighted by Crippen LogP contribution is -2.50. The number of fused-ring (bicyclic) bond motifs is 1. The summed E-state index contributed by atoms with van der Waals surface area (Å²) >= 11 is 1.53. The van der Waals surface area contributed by atoms with Gasteiger partial charge in [0.05, 0.1) is 26.3 Å². The standard InChI is InChI=1S/C28H33N5O4S/c1-6-28(2,3)29-27(35)26(21-14-13-19(36-4)16-24(21)37-5)32(17-20-10-9-15-38-20)25(34)18-33-23-12-8-7-11-22(23)30-31-33/h7-16,26H,6,17-18H2,1-5H3,(H,29,35)/t26-/m0/s1. The number of carbonyl (C=O) groups is 2. The highest BCUT2D eigenvalue weighted by molar-refractivity contribution is 7.09. The third-order valence-electron chi connectivity index (χ3n) is 6.57. The summed E-state index contributed by atoms with van der Waals surface area (Å²) in [7, 11) is 3.10. The topological polar surface area (TPSA) is 98.6 Å². The second kappa shape index (κ2) is 11.6. The molecule has 0 saturated heterocycles. The summed E-state index contributed by atoms with van der Waals surface area (Å²) in [6.07, 6.45) is 0.717. The van der Waals surface area contributed by atoms with Crippen LogP contribution in [-0.2, 0) is 22.7 Å². The van der Waals surface area contributed by atoms with Gasteiger partial charge in [0.2, 0.25) is 11.8 Å². The Bertz CT molecular complexity index is 1400.